The van der Waals surface area contributed by atoms with Crippen molar-refractivity contribution in [2.75, 3.05) is 26.2 Å². The largest absolute Gasteiger partial charge is 0.353 e. The predicted octanol–water partition coefficient (Wildman–Crippen LogP) is 1.44. The lowest BCUT2D eigenvalue weighted by Crippen LogP contribution is -2.45. The molecule has 0 radical (unpaired) electrons. The maximum absolute atomic E-state index is 12.7. The molecule has 1 aromatic carbocycles. The van der Waals surface area contributed by atoms with Gasteiger partial charge < -0.3 is 9.88 Å². The van der Waals surface area contributed by atoms with Crippen LogP contribution in [0.4, 0.5) is 0 Å². The number of carbonyl (C=O) groups is 1. The molecule has 9 heteroatoms. The van der Waals surface area contributed by atoms with E-state index in [1.54, 1.807) is 13.8 Å². The maximum Gasteiger partial charge on any atom is 0.251 e. The monoisotopic (exact) mass is 460 g/mol. The number of pyridine rings is 1. The third-order valence-corrected chi connectivity index (χ3v) is 8.03. The molecule has 1 N–H and O–H groups in total. The van der Waals surface area contributed by atoms with Crippen LogP contribution in [-0.4, -0.2) is 60.3 Å². The molecule has 8 nitrogen and oxygen atoms in total. The summed E-state index contributed by atoms with van der Waals surface area (Å²) in [4.78, 5) is 27.1. The topological polar surface area (TPSA) is 91.7 Å². The van der Waals surface area contributed by atoms with Crippen LogP contribution in [0.5, 0.6) is 0 Å². The molecule has 174 valence electrons. The van der Waals surface area contributed by atoms with Crippen molar-refractivity contribution in [2.45, 2.75) is 51.2 Å². The fourth-order valence-electron chi connectivity index (χ4n) is 3.99. The molecule has 1 amide bonds. The van der Waals surface area contributed by atoms with Gasteiger partial charge in [-0.2, -0.15) is 4.31 Å². The van der Waals surface area contributed by atoms with Crippen LogP contribution in [0.25, 0.3) is 0 Å². The van der Waals surface area contributed by atoms with Crippen molar-refractivity contribution in [3.63, 3.8) is 0 Å². The van der Waals surface area contributed by atoms with Crippen molar-refractivity contribution in [2.24, 2.45) is 0 Å². The zero-order valence-corrected chi connectivity index (χ0v) is 19.8. The second-order valence-corrected chi connectivity index (χ2v) is 10.0. The van der Waals surface area contributed by atoms with Gasteiger partial charge in [-0.3, -0.25) is 14.5 Å². The standard InChI is InChI=1S/C23H32N4O4S/c1-4-27(5-2)32(30,31)21-10-11-23(29)26(16-21)17-22(28)24-14-18(3)25-13-12-19-8-6-7-9-20(19)15-25/h6-11,16,18H,4-5,12-15,17H2,1-3H3,(H,24,28). The number of amides is 1. The highest BCUT2D eigenvalue weighted by molar-refractivity contribution is 7.89. The average Bonchev–Trinajstić information content (AvgIpc) is 2.79. The third kappa shape index (κ3) is 5.46. The van der Waals surface area contributed by atoms with E-state index in [2.05, 4.69) is 35.3 Å². The Hall–Kier alpha value is -2.49. The van der Waals surface area contributed by atoms with E-state index in [-0.39, 0.29) is 23.4 Å². The Morgan fingerprint density at radius 2 is 1.81 bits per heavy atom. The summed E-state index contributed by atoms with van der Waals surface area (Å²) < 4.78 is 27.9. The van der Waals surface area contributed by atoms with Gasteiger partial charge in [-0.1, -0.05) is 38.1 Å². The van der Waals surface area contributed by atoms with Gasteiger partial charge >= 0.3 is 0 Å². The summed E-state index contributed by atoms with van der Waals surface area (Å²) in [5.74, 6) is -0.325. The minimum atomic E-state index is -3.71. The van der Waals surface area contributed by atoms with Gasteiger partial charge in [0, 0.05) is 51.0 Å². The van der Waals surface area contributed by atoms with E-state index < -0.39 is 15.6 Å². The number of nitrogens with one attached hydrogen (secondary N) is 1. The molecule has 1 aliphatic heterocycles. The number of fused-ring (bicyclic) bond motifs is 1. The van der Waals surface area contributed by atoms with Gasteiger partial charge in [0.15, 0.2) is 0 Å². The van der Waals surface area contributed by atoms with Crippen LogP contribution in [0.3, 0.4) is 0 Å². The average molecular weight is 461 g/mol. The van der Waals surface area contributed by atoms with E-state index in [0.29, 0.717) is 19.6 Å². The van der Waals surface area contributed by atoms with Crippen molar-refractivity contribution < 1.29 is 13.2 Å². The molecule has 0 bridgehead atoms. The summed E-state index contributed by atoms with van der Waals surface area (Å²) in [7, 11) is -3.71. The van der Waals surface area contributed by atoms with Gasteiger partial charge in [-0.05, 0) is 30.5 Å². The lowest BCUT2D eigenvalue weighted by molar-refractivity contribution is -0.122. The summed E-state index contributed by atoms with van der Waals surface area (Å²) in [6.45, 7) is 8.24. The van der Waals surface area contributed by atoms with Gasteiger partial charge in [0.05, 0.1) is 4.90 Å². The van der Waals surface area contributed by atoms with Crippen LogP contribution in [0, 0.1) is 0 Å². The first-order valence-electron chi connectivity index (χ1n) is 11.0. The van der Waals surface area contributed by atoms with Crippen LogP contribution < -0.4 is 10.9 Å². The molecule has 0 aliphatic carbocycles. The summed E-state index contributed by atoms with van der Waals surface area (Å²) in [5.41, 5.74) is 2.27. The molecule has 0 saturated heterocycles. The predicted molar refractivity (Wildman–Crippen MR) is 124 cm³/mol. The summed E-state index contributed by atoms with van der Waals surface area (Å²) in [5, 5.41) is 2.88. The van der Waals surface area contributed by atoms with Crippen LogP contribution in [0.15, 0.2) is 52.3 Å². The van der Waals surface area contributed by atoms with Crippen molar-refractivity contribution in [3.05, 3.63) is 64.1 Å². The number of benzene rings is 1. The lowest BCUT2D eigenvalue weighted by Gasteiger charge is -2.33. The van der Waals surface area contributed by atoms with Crippen molar-refractivity contribution >= 4 is 15.9 Å². The minimum Gasteiger partial charge on any atom is -0.353 e. The molecule has 0 spiro atoms. The molecule has 1 aliphatic rings. The van der Waals surface area contributed by atoms with Crippen molar-refractivity contribution in [3.8, 4) is 0 Å². The minimum absolute atomic E-state index is 0.00829. The molecule has 32 heavy (non-hydrogen) atoms. The Morgan fingerprint density at radius 3 is 2.50 bits per heavy atom. The van der Waals surface area contributed by atoms with E-state index in [0.717, 1.165) is 24.1 Å². The summed E-state index contributed by atoms with van der Waals surface area (Å²) >= 11 is 0. The van der Waals surface area contributed by atoms with E-state index >= 15 is 0 Å². The van der Waals surface area contributed by atoms with Gasteiger partial charge in [0.2, 0.25) is 15.9 Å². The van der Waals surface area contributed by atoms with E-state index in [1.165, 1.54) is 33.8 Å². The number of hydrogen-bond donors (Lipinski definition) is 1. The third-order valence-electron chi connectivity index (χ3n) is 5.99. The smallest absolute Gasteiger partial charge is 0.251 e. The number of aromatic nitrogens is 1. The zero-order valence-electron chi connectivity index (χ0n) is 19.0. The van der Waals surface area contributed by atoms with Gasteiger partial charge in [-0.15, -0.1) is 0 Å². The molecule has 1 aromatic heterocycles. The summed E-state index contributed by atoms with van der Waals surface area (Å²) in [6.07, 6.45) is 2.23. The van der Waals surface area contributed by atoms with Crippen LogP contribution in [0.2, 0.25) is 0 Å². The van der Waals surface area contributed by atoms with E-state index in [9.17, 15) is 18.0 Å². The normalized spacial score (nSPS) is 15.4. The van der Waals surface area contributed by atoms with Crippen molar-refractivity contribution in [1.29, 1.82) is 0 Å². The highest BCUT2D eigenvalue weighted by atomic mass is 32.2. The van der Waals surface area contributed by atoms with Gasteiger partial charge in [-0.25, -0.2) is 8.42 Å². The van der Waals surface area contributed by atoms with E-state index in [4.69, 9.17) is 0 Å². The van der Waals surface area contributed by atoms with Gasteiger partial charge in [0.1, 0.15) is 6.54 Å². The number of sulfonamides is 1. The summed E-state index contributed by atoms with van der Waals surface area (Å²) in [6, 6.07) is 11.0. The SMILES string of the molecule is CCN(CC)S(=O)(=O)c1ccc(=O)n(CC(=O)NCC(C)N2CCc3ccccc3C2)c1. The molecule has 2 aromatic rings. The van der Waals surface area contributed by atoms with E-state index in [1.807, 2.05) is 6.07 Å². The second kappa shape index (κ2) is 10.4. The quantitative estimate of drug-likeness (QED) is 0.612. The fourth-order valence-corrected chi connectivity index (χ4v) is 5.47. The van der Waals surface area contributed by atoms with Crippen molar-refractivity contribution in [1.82, 2.24) is 19.1 Å². The van der Waals surface area contributed by atoms with Crippen LogP contribution in [0.1, 0.15) is 31.9 Å². The molecule has 2 heterocycles. The highest BCUT2D eigenvalue weighted by Gasteiger charge is 2.23. The first-order chi connectivity index (χ1) is 15.3. The molecule has 0 saturated carbocycles. The molecule has 1 unspecified atom stereocenters. The Balaban J connectivity index is 1.61. The van der Waals surface area contributed by atoms with Gasteiger partial charge in [0.25, 0.3) is 5.56 Å². The lowest BCUT2D eigenvalue weighted by atomic mass is 9.99. The van der Waals surface area contributed by atoms with Crippen LogP contribution >= 0.6 is 0 Å². The Kier molecular flexibility index (Phi) is 7.86. The number of nitrogens with zero attached hydrogens (tertiary/aromatic N) is 3. The second-order valence-electron chi connectivity index (χ2n) is 8.06. The maximum atomic E-state index is 12.7. The number of carbonyl (C=O) groups excluding carboxylic acids is 1. The fraction of sp³-hybridized carbons (Fsp3) is 0.478. The molecule has 1 atom stereocenters. The molecular formula is C23H32N4O4S. The van der Waals surface area contributed by atoms with Crippen LogP contribution in [-0.2, 0) is 34.3 Å². The molecule has 0 fully saturated rings. The Bertz CT molecular complexity index is 1110. The number of rotatable bonds is 9. The number of hydrogen-bond acceptors (Lipinski definition) is 5. The first kappa shape index (κ1) is 24.2. The molecular weight excluding hydrogens is 428 g/mol. The Labute approximate surface area is 189 Å². The Morgan fingerprint density at radius 1 is 1.12 bits per heavy atom. The highest BCUT2D eigenvalue weighted by Crippen LogP contribution is 2.20. The molecule has 3 rings (SSSR count). The first-order valence-corrected chi connectivity index (χ1v) is 12.5. The zero-order chi connectivity index (χ0) is 23.3.